The van der Waals surface area contributed by atoms with E-state index in [1.807, 2.05) is 6.07 Å². The minimum absolute atomic E-state index is 0.249. The quantitative estimate of drug-likeness (QED) is 0.505. The van der Waals surface area contributed by atoms with E-state index >= 15 is 0 Å². The summed E-state index contributed by atoms with van der Waals surface area (Å²) < 4.78 is 41.3. The Bertz CT molecular complexity index is 1030. The average Bonchev–Trinajstić information content (AvgIpc) is 3.52. The van der Waals surface area contributed by atoms with Gasteiger partial charge in [0.15, 0.2) is 11.5 Å². The van der Waals surface area contributed by atoms with Gasteiger partial charge < -0.3 is 19.5 Å². The van der Waals surface area contributed by atoms with Gasteiger partial charge in [-0.05, 0) is 61.1 Å². The van der Waals surface area contributed by atoms with Crippen LogP contribution < -0.4 is 14.6 Å². The van der Waals surface area contributed by atoms with E-state index in [0.717, 1.165) is 24.0 Å². The maximum Gasteiger partial charge on any atom is 0.573 e. The number of anilines is 1. The number of hydroxylamine groups is 1. The van der Waals surface area contributed by atoms with Gasteiger partial charge in [-0.15, -0.1) is 13.2 Å². The second-order valence-corrected chi connectivity index (χ2v) is 7.38. The van der Waals surface area contributed by atoms with E-state index in [4.69, 9.17) is 4.84 Å². The molecule has 2 aromatic carbocycles. The summed E-state index contributed by atoms with van der Waals surface area (Å²) in [5, 5.41) is 14.7. The summed E-state index contributed by atoms with van der Waals surface area (Å²) in [5.41, 5.74) is 2.14. The number of rotatable bonds is 7. The molecule has 0 saturated heterocycles. The number of alkyl halides is 3. The smallest absolute Gasteiger partial charge is 0.476 e. The van der Waals surface area contributed by atoms with E-state index in [0.29, 0.717) is 17.0 Å². The van der Waals surface area contributed by atoms with Gasteiger partial charge >= 0.3 is 12.3 Å². The van der Waals surface area contributed by atoms with Crippen molar-refractivity contribution >= 4 is 17.4 Å². The molecule has 3 aliphatic rings. The van der Waals surface area contributed by atoms with Gasteiger partial charge in [-0.3, -0.25) is 0 Å². The van der Waals surface area contributed by atoms with Crippen molar-refractivity contribution in [2.75, 3.05) is 12.2 Å². The number of nitrogens with zero attached hydrogens (tertiary/aromatic N) is 2. The van der Waals surface area contributed by atoms with Crippen molar-refractivity contribution in [2.24, 2.45) is 11.1 Å². The van der Waals surface area contributed by atoms with E-state index in [1.54, 1.807) is 30.2 Å². The monoisotopic (exact) mass is 436 g/mol. The summed E-state index contributed by atoms with van der Waals surface area (Å²) in [6.07, 6.45) is -2.87. The zero-order valence-corrected chi connectivity index (χ0v) is 16.6. The average molecular weight is 436 g/mol. The number of aliphatic carboxylic acids is 1. The molecule has 0 spiro atoms. The molecule has 31 heavy (non-hydrogen) atoms. The van der Waals surface area contributed by atoms with Crippen molar-refractivity contribution in [2.45, 2.75) is 32.2 Å². The van der Waals surface area contributed by atoms with E-state index in [9.17, 15) is 23.1 Å². The topological polar surface area (TPSA) is 80.6 Å². The molecular formula is C21H19F3N2O5. The first-order valence-electron chi connectivity index (χ1n) is 9.50. The fraction of sp³-hybridized carbons (Fsp3) is 0.333. The van der Waals surface area contributed by atoms with Crippen molar-refractivity contribution in [3.8, 4) is 11.5 Å². The van der Waals surface area contributed by atoms with Crippen LogP contribution in [0.3, 0.4) is 0 Å². The van der Waals surface area contributed by atoms with Crippen LogP contribution in [0.2, 0.25) is 0 Å². The lowest BCUT2D eigenvalue weighted by Gasteiger charge is -2.38. The second kappa shape index (κ2) is 7.68. The van der Waals surface area contributed by atoms with Crippen LogP contribution in [0.4, 0.5) is 18.9 Å². The van der Waals surface area contributed by atoms with Gasteiger partial charge in [0.1, 0.15) is 12.9 Å². The summed E-state index contributed by atoms with van der Waals surface area (Å²) in [5.74, 6) is -0.959. The van der Waals surface area contributed by atoms with Gasteiger partial charge in [0.25, 0.3) is 0 Å². The molecule has 10 heteroatoms. The standard InChI is InChI=1S/C21H19F3N2O5/c1-11-9-14-10-16(17(20(27)28)25-29-2)19(11)31-26(14)18(12-3-4-12)13-5-7-15(8-6-13)30-21(22,23)24/h5-10,12,18H,3-4H2,1-2H3,(H,27,28). The molecule has 1 fully saturated rings. The van der Waals surface area contributed by atoms with E-state index in [2.05, 4.69) is 14.7 Å². The summed E-state index contributed by atoms with van der Waals surface area (Å²) in [6, 6.07) is 8.98. The lowest BCUT2D eigenvalue weighted by Crippen LogP contribution is -2.37. The number of halogens is 3. The number of carboxylic acids is 1. The highest BCUT2D eigenvalue weighted by Crippen LogP contribution is 2.49. The zero-order valence-electron chi connectivity index (χ0n) is 16.6. The predicted molar refractivity (Wildman–Crippen MR) is 104 cm³/mol. The van der Waals surface area contributed by atoms with Crippen molar-refractivity contribution in [1.82, 2.24) is 0 Å². The Balaban J connectivity index is 1.67. The molecule has 1 atom stereocenters. The first-order valence-corrected chi connectivity index (χ1v) is 9.50. The maximum absolute atomic E-state index is 12.5. The van der Waals surface area contributed by atoms with Crippen LogP contribution >= 0.6 is 0 Å². The molecule has 0 amide bonds. The molecular weight excluding hydrogens is 417 g/mol. The first-order chi connectivity index (χ1) is 14.7. The highest BCUT2D eigenvalue weighted by Gasteiger charge is 2.41. The molecule has 1 aliphatic carbocycles. The van der Waals surface area contributed by atoms with Gasteiger partial charge in [0.2, 0.25) is 0 Å². The van der Waals surface area contributed by atoms with Crippen molar-refractivity contribution in [3.63, 3.8) is 0 Å². The van der Waals surface area contributed by atoms with Crippen LogP contribution in [-0.4, -0.2) is 30.3 Å². The fourth-order valence-electron chi connectivity index (χ4n) is 3.72. The summed E-state index contributed by atoms with van der Waals surface area (Å²) >= 11 is 0. The number of carbonyl (C=O) groups is 1. The number of carboxylic acid groups (broad SMARTS) is 1. The molecule has 1 N–H and O–H groups in total. The lowest BCUT2D eigenvalue weighted by molar-refractivity contribution is -0.274. The largest absolute Gasteiger partial charge is 0.573 e. The third kappa shape index (κ3) is 4.23. The molecule has 2 aromatic rings. The highest BCUT2D eigenvalue weighted by molar-refractivity contribution is 6.43. The van der Waals surface area contributed by atoms with E-state index < -0.39 is 12.3 Å². The lowest BCUT2D eigenvalue weighted by atomic mass is 9.98. The number of benzene rings is 2. The third-order valence-corrected chi connectivity index (χ3v) is 5.12. The van der Waals surface area contributed by atoms with E-state index in [-0.39, 0.29) is 23.4 Å². The summed E-state index contributed by atoms with van der Waals surface area (Å²) in [4.78, 5) is 22.3. The normalized spacial score (nSPS) is 16.7. The highest BCUT2D eigenvalue weighted by atomic mass is 19.4. The maximum atomic E-state index is 12.5. The van der Waals surface area contributed by atoms with Crippen LogP contribution in [0.1, 0.15) is 35.6 Å². The first kappa shape index (κ1) is 20.8. The molecule has 2 aliphatic heterocycles. The molecule has 1 saturated carbocycles. The molecule has 2 heterocycles. The number of hydrogen-bond acceptors (Lipinski definition) is 6. The zero-order chi connectivity index (χ0) is 22.3. The number of ether oxygens (including phenoxy) is 1. The Morgan fingerprint density at radius 2 is 1.94 bits per heavy atom. The Kier molecular flexibility index (Phi) is 5.16. The number of oxime groups is 1. The van der Waals surface area contributed by atoms with Gasteiger partial charge in [-0.2, -0.15) is 0 Å². The predicted octanol–water partition coefficient (Wildman–Crippen LogP) is 4.59. The van der Waals surface area contributed by atoms with Gasteiger partial charge in [0, 0.05) is 0 Å². The van der Waals surface area contributed by atoms with Crippen molar-refractivity contribution < 1.29 is 37.5 Å². The van der Waals surface area contributed by atoms with Crippen LogP contribution in [0.25, 0.3) is 0 Å². The summed E-state index contributed by atoms with van der Waals surface area (Å²) in [6.45, 7) is 1.79. The number of fused-ring (bicyclic) bond motifs is 3. The molecule has 7 nitrogen and oxygen atoms in total. The molecule has 1 unspecified atom stereocenters. The number of aryl methyl sites for hydroxylation is 1. The Morgan fingerprint density at radius 3 is 2.45 bits per heavy atom. The molecule has 2 bridgehead atoms. The minimum atomic E-state index is -4.76. The van der Waals surface area contributed by atoms with Crippen LogP contribution in [0, 0.1) is 12.8 Å². The third-order valence-electron chi connectivity index (χ3n) is 5.12. The van der Waals surface area contributed by atoms with Crippen molar-refractivity contribution in [3.05, 3.63) is 53.1 Å². The van der Waals surface area contributed by atoms with Crippen LogP contribution in [-0.2, 0) is 9.63 Å². The Morgan fingerprint density at radius 1 is 1.26 bits per heavy atom. The van der Waals surface area contributed by atoms with Crippen molar-refractivity contribution in [1.29, 1.82) is 0 Å². The van der Waals surface area contributed by atoms with E-state index in [1.165, 1.54) is 19.2 Å². The van der Waals surface area contributed by atoms with Gasteiger partial charge in [-0.25, -0.2) is 9.86 Å². The minimum Gasteiger partial charge on any atom is -0.476 e. The molecule has 0 aromatic heterocycles. The molecule has 5 rings (SSSR count). The Labute approximate surface area is 175 Å². The van der Waals surface area contributed by atoms with Gasteiger partial charge in [0.05, 0.1) is 17.3 Å². The second-order valence-electron chi connectivity index (χ2n) is 7.38. The van der Waals surface area contributed by atoms with Gasteiger partial charge in [-0.1, -0.05) is 17.3 Å². The molecule has 0 radical (unpaired) electrons. The molecule has 164 valence electrons. The van der Waals surface area contributed by atoms with Crippen LogP contribution in [0.5, 0.6) is 11.5 Å². The summed E-state index contributed by atoms with van der Waals surface area (Å²) in [7, 11) is 1.26. The SMILES string of the molecule is CON=C(C(=O)O)c1cc2cc(C)c1ON2C(c1ccc(OC(F)(F)F)cc1)C1CC1. The number of hydrogen-bond donors (Lipinski definition) is 1. The van der Waals surface area contributed by atoms with Crippen LogP contribution in [0.15, 0.2) is 41.6 Å². The Hall–Kier alpha value is -3.43. The fourth-order valence-corrected chi connectivity index (χ4v) is 3.72.